The average Bonchev–Trinajstić information content (AvgIpc) is 3.15. The van der Waals surface area contributed by atoms with Crippen LogP contribution in [0.25, 0.3) is 22.6 Å². The van der Waals surface area contributed by atoms with E-state index < -0.39 is 0 Å². The highest BCUT2D eigenvalue weighted by Gasteiger charge is 2.20. The van der Waals surface area contributed by atoms with Gasteiger partial charge < -0.3 is 20.5 Å². The number of halogens is 1. The number of nitrogens with zero attached hydrogens (tertiary/aromatic N) is 4. The second kappa shape index (κ2) is 10.1. The van der Waals surface area contributed by atoms with Crippen molar-refractivity contribution in [2.24, 2.45) is 5.73 Å². The van der Waals surface area contributed by atoms with Crippen LogP contribution >= 0.6 is 0 Å². The van der Waals surface area contributed by atoms with Crippen molar-refractivity contribution in [3.8, 4) is 22.6 Å². The normalized spacial score (nSPS) is 11.3. The molecule has 0 bridgehead atoms. The fourth-order valence-corrected chi connectivity index (χ4v) is 3.92. The minimum atomic E-state index is -0.293. The van der Waals surface area contributed by atoms with Gasteiger partial charge in [0.25, 0.3) is 0 Å². The molecular weight excluding hydrogens is 431 g/mol. The van der Waals surface area contributed by atoms with Gasteiger partial charge in [0, 0.05) is 36.4 Å². The lowest BCUT2D eigenvalue weighted by molar-refractivity contribution is 0.336. The standard InChI is InChI=1S/C26H29FN6O/c1-16-24(23-17(2)32-34-18(23)3)30-26(31-25(16)29-22-10-8-21(27)9-11-22)20-7-5-6-19(14-20)15-33(4)13-12-28/h5-11,14H,12-13,15,28H2,1-4H3,(H,29,30,31). The number of rotatable bonds is 8. The first-order chi connectivity index (χ1) is 16.4. The van der Waals surface area contributed by atoms with Crippen LogP contribution in [0.5, 0.6) is 0 Å². The van der Waals surface area contributed by atoms with Crippen LogP contribution in [0.4, 0.5) is 15.9 Å². The number of hydrogen-bond donors (Lipinski definition) is 2. The number of hydrogen-bond acceptors (Lipinski definition) is 7. The van der Waals surface area contributed by atoms with E-state index in [1.165, 1.54) is 12.1 Å². The van der Waals surface area contributed by atoms with Crippen molar-refractivity contribution < 1.29 is 8.91 Å². The van der Waals surface area contributed by atoms with Crippen molar-refractivity contribution in [1.82, 2.24) is 20.0 Å². The highest BCUT2D eigenvalue weighted by atomic mass is 19.1. The van der Waals surface area contributed by atoms with E-state index in [9.17, 15) is 4.39 Å². The lowest BCUT2D eigenvalue weighted by Gasteiger charge is -2.17. The van der Waals surface area contributed by atoms with Gasteiger partial charge in [0.2, 0.25) is 0 Å². The number of aromatic nitrogens is 3. The minimum absolute atomic E-state index is 0.293. The summed E-state index contributed by atoms with van der Waals surface area (Å²) in [4.78, 5) is 12.0. The molecular formula is C26H29FN6O. The molecule has 7 nitrogen and oxygen atoms in total. The van der Waals surface area contributed by atoms with Gasteiger partial charge >= 0.3 is 0 Å². The molecule has 0 saturated carbocycles. The van der Waals surface area contributed by atoms with Gasteiger partial charge in [-0.1, -0.05) is 23.4 Å². The topological polar surface area (TPSA) is 93.1 Å². The lowest BCUT2D eigenvalue weighted by atomic mass is 10.0. The molecule has 176 valence electrons. The Morgan fingerprint density at radius 3 is 2.50 bits per heavy atom. The van der Waals surface area contributed by atoms with E-state index >= 15 is 0 Å². The molecule has 0 radical (unpaired) electrons. The molecule has 3 N–H and O–H groups in total. The Hall–Kier alpha value is -3.62. The van der Waals surface area contributed by atoms with Crippen molar-refractivity contribution >= 4 is 11.5 Å². The molecule has 2 aromatic carbocycles. The van der Waals surface area contributed by atoms with Crippen LogP contribution in [-0.4, -0.2) is 40.2 Å². The van der Waals surface area contributed by atoms with Gasteiger partial charge in [0.1, 0.15) is 17.4 Å². The number of nitrogens with two attached hydrogens (primary N) is 1. The number of aryl methyl sites for hydroxylation is 2. The smallest absolute Gasteiger partial charge is 0.162 e. The summed E-state index contributed by atoms with van der Waals surface area (Å²) in [7, 11) is 2.04. The Balaban J connectivity index is 1.81. The first-order valence-corrected chi connectivity index (χ1v) is 11.2. The van der Waals surface area contributed by atoms with E-state index in [1.807, 2.05) is 40.0 Å². The van der Waals surface area contributed by atoms with Crippen LogP contribution < -0.4 is 11.1 Å². The highest BCUT2D eigenvalue weighted by Crippen LogP contribution is 2.34. The Morgan fingerprint density at radius 2 is 1.82 bits per heavy atom. The molecule has 0 fully saturated rings. The fraction of sp³-hybridized carbons (Fsp3) is 0.269. The van der Waals surface area contributed by atoms with Crippen LogP contribution in [0.15, 0.2) is 53.1 Å². The molecule has 4 rings (SSSR count). The van der Waals surface area contributed by atoms with Gasteiger partial charge in [-0.2, -0.15) is 0 Å². The van der Waals surface area contributed by atoms with Gasteiger partial charge in [0.05, 0.1) is 17.0 Å². The third kappa shape index (κ3) is 5.13. The molecule has 34 heavy (non-hydrogen) atoms. The average molecular weight is 461 g/mol. The molecule has 0 aliphatic rings. The van der Waals surface area contributed by atoms with E-state index in [2.05, 4.69) is 27.5 Å². The summed E-state index contributed by atoms with van der Waals surface area (Å²) in [5, 5.41) is 7.43. The number of nitrogens with one attached hydrogen (secondary N) is 1. The van der Waals surface area contributed by atoms with Crippen LogP contribution in [0, 0.1) is 26.6 Å². The molecule has 0 amide bonds. The van der Waals surface area contributed by atoms with E-state index in [-0.39, 0.29) is 5.82 Å². The van der Waals surface area contributed by atoms with Crippen LogP contribution in [-0.2, 0) is 6.54 Å². The third-order valence-electron chi connectivity index (χ3n) is 5.67. The maximum Gasteiger partial charge on any atom is 0.162 e. The predicted molar refractivity (Wildman–Crippen MR) is 132 cm³/mol. The molecule has 4 aromatic rings. The van der Waals surface area contributed by atoms with Crippen molar-refractivity contribution in [3.05, 3.63) is 76.9 Å². The van der Waals surface area contributed by atoms with Crippen LogP contribution in [0.2, 0.25) is 0 Å². The van der Waals surface area contributed by atoms with E-state index in [0.29, 0.717) is 23.9 Å². The Bertz CT molecular complexity index is 1270. The number of likely N-dealkylation sites (N-methyl/N-ethyl adjacent to an activating group) is 1. The van der Waals surface area contributed by atoms with Gasteiger partial charge in [-0.25, -0.2) is 14.4 Å². The molecule has 2 aromatic heterocycles. The van der Waals surface area contributed by atoms with E-state index in [4.69, 9.17) is 20.2 Å². The van der Waals surface area contributed by atoms with Crippen molar-refractivity contribution in [1.29, 1.82) is 0 Å². The molecule has 0 saturated heterocycles. The minimum Gasteiger partial charge on any atom is -0.361 e. The van der Waals surface area contributed by atoms with E-state index in [0.717, 1.165) is 52.4 Å². The van der Waals surface area contributed by atoms with Crippen molar-refractivity contribution in [2.75, 3.05) is 25.5 Å². The van der Waals surface area contributed by atoms with E-state index in [1.54, 1.807) is 12.1 Å². The molecule has 0 aliphatic carbocycles. The molecule has 0 unspecified atom stereocenters. The highest BCUT2D eigenvalue weighted by molar-refractivity contribution is 5.76. The fourth-order valence-electron chi connectivity index (χ4n) is 3.92. The molecule has 0 aliphatic heterocycles. The van der Waals surface area contributed by atoms with Gasteiger partial charge in [-0.15, -0.1) is 0 Å². The molecule has 0 spiro atoms. The molecule has 8 heteroatoms. The zero-order chi connectivity index (χ0) is 24.2. The summed E-state index contributed by atoms with van der Waals surface area (Å²) in [5.41, 5.74) is 11.7. The Morgan fingerprint density at radius 1 is 1.06 bits per heavy atom. The summed E-state index contributed by atoms with van der Waals surface area (Å²) in [5.74, 6) is 1.61. The van der Waals surface area contributed by atoms with Crippen LogP contribution in [0.1, 0.15) is 22.6 Å². The summed E-state index contributed by atoms with van der Waals surface area (Å²) in [6, 6.07) is 14.4. The number of anilines is 2. The van der Waals surface area contributed by atoms with Crippen molar-refractivity contribution in [3.63, 3.8) is 0 Å². The zero-order valence-electron chi connectivity index (χ0n) is 19.9. The summed E-state index contributed by atoms with van der Waals surface area (Å²) in [6.45, 7) is 7.92. The van der Waals surface area contributed by atoms with Gasteiger partial charge in [-0.05, 0) is 63.7 Å². The Labute approximate surface area is 198 Å². The maximum absolute atomic E-state index is 13.4. The first kappa shape index (κ1) is 23.5. The molecule has 0 atom stereocenters. The van der Waals surface area contributed by atoms with Crippen molar-refractivity contribution in [2.45, 2.75) is 27.3 Å². The largest absolute Gasteiger partial charge is 0.361 e. The maximum atomic E-state index is 13.4. The lowest BCUT2D eigenvalue weighted by Crippen LogP contribution is -2.24. The molecule has 2 heterocycles. The first-order valence-electron chi connectivity index (χ1n) is 11.2. The van der Waals surface area contributed by atoms with Gasteiger partial charge in [-0.3, -0.25) is 0 Å². The quantitative estimate of drug-likeness (QED) is 0.382. The summed E-state index contributed by atoms with van der Waals surface area (Å²) < 4.78 is 18.8. The summed E-state index contributed by atoms with van der Waals surface area (Å²) in [6.07, 6.45) is 0. The third-order valence-corrected chi connectivity index (χ3v) is 5.67. The second-order valence-corrected chi connectivity index (χ2v) is 8.43. The predicted octanol–water partition coefficient (Wildman–Crippen LogP) is 5.00. The number of benzene rings is 2. The second-order valence-electron chi connectivity index (χ2n) is 8.43. The van der Waals surface area contributed by atoms with Gasteiger partial charge in [0.15, 0.2) is 5.82 Å². The monoisotopic (exact) mass is 460 g/mol. The van der Waals surface area contributed by atoms with Crippen LogP contribution in [0.3, 0.4) is 0 Å². The summed E-state index contributed by atoms with van der Waals surface area (Å²) >= 11 is 0. The zero-order valence-corrected chi connectivity index (χ0v) is 19.9. The SMILES string of the molecule is Cc1noc(C)c1-c1nc(-c2cccc(CN(C)CCN)c2)nc(Nc2ccc(F)cc2)c1C. The Kier molecular flexibility index (Phi) is 7.00.